The Labute approximate surface area is 195 Å². The maximum atomic E-state index is 13.2. The number of thioether (sulfide) groups is 1. The Morgan fingerprint density at radius 2 is 1.75 bits per heavy atom. The molecule has 1 saturated heterocycles. The highest BCUT2D eigenvalue weighted by Gasteiger charge is 2.35. The molecule has 3 aromatic rings. The molecule has 158 valence electrons. The summed E-state index contributed by atoms with van der Waals surface area (Å²) in [5, 5.41) is 11.3. The van der Waals surface area contributed by atoms with Gasteiger partial charge in [-0.1, -0.05) is 46.3 Å². The second-order valence-electron chi connectivity index (χ2n) is 6.65. The number of anilines is 1. The number of hydrogen-bond acceptors (Lipinski definition) is 5. The Balaban J connectivity index is 1.75. The number of nitro groups is 1. The second kappa shape index (κ2) is 9.29. The van der Waals surface area contributed by atoms with Crippen LogP contribution < -0.4 is 4.90 Å². The minimum atomic E-state index is -0.495. The van der Waals surface area contributed by atoms with Crippen molar-refractivity contribution in [2.24, 2.45) is 4.99 Å². The molecule has 32 heavy (non-hydrogen) atoms. The fraction of sp³-hybridized carbons (Fsp3) is 0. The zero-order valence-corrected chi connectivity index (χ0v) is 18.7. The van der Waals surface area contributed by atoms with E-state index >= 15 is 0 Å². The van der Waals surface area contributed by atoms with Crippen molar-refractivity contribution in [1.29, 1.82) is 0 Å². The Bertz CT molecular complexity index is 1270. The van der Waals surface area contributed by atoms with Gasteiger partial charge in [-0.15, -0.1) is 0 Å². The summed E-state index contributed by atoms with van der Waals surface area (Å²) in [5.74, 6) is -0.844. The van der Waals surface area contributed by atoms with E-state index in [1.165, 1.54) is 17.0 Å². The van der Waals surface area contributed by atoms with Gasteiger partial charge in [0.1, 0.15) is 0 Å². The van der Waals surface area contributed by atoms with Crippen molar-refractivity contribution in [1.82, 2.24) is 0 Å². The SMILES string of the molecule is O=C(N=C1S/C(=C/c2cccc([N+](=O)[O-])c2)C(=O)N1c1ccc(Br)cc1)c1ccccc1. The smallest absolute Gasteiger partial charge is 0.268 e. The molecule has 1 fully saturated rings. The van der Waals surface area contributed by atoms with E-state index in [1.54, 1.807) is 72.8 Å². The number of carbonyl (C=O) groups excluding carboxylic acids is 2. The topological polar surface area (TPSA) is 92.9 Å². The number of benzene rings is 3. The standard InChI is InChI=1S/C23H14BrN3O4S/c24-17-9-11-18(12-10-17)26-22(29)20(14-15-5-4-8-19(13-15)27(30)31)32-23(26)25-21(28)16-6-2-1-3-7-16/h1-14H/b20-14+,25-23?. The Kier molecular flexibility index (Phi) is 6.29. The van der Waals surface area contributed by atoms with Gasteiger partial charge in [0, 0.05) is 22.2 Å². The number of aliphatic imine (C=N–C) groups is 1. The average Bonchev–Trinajstić information content (AvgIpc) is 3.09. The van der Waals surface area contributed by atoms with E-state index in [0.29, 0.717) is 21.7 Å². The van der Waals surface area contributed by atoms with Crippen LogP contribution in [-0.4, -0.2) is 21.9 Å². The van der Waals surface area contributed by atoms with Crippen molar-refractivity contribution in [2.75, 3.05) is 4.90 Å². The molecule has 4 rings (SSSR count). The zero-order chi connectivity index (χ0) is 22.7. The van der Waals surface area contributed by atoms with Gasteiger partial charge in [-0.25, -0.2) is 0 Å². The normalized spacial score (nSPS) is 16.0. The van der Waals surface area contributed by atoms with Crippen LogP contribution in [0.15, 0.2) is 93.2 Å². The van der Waals surface area contributed by atoms with E-state index in [2.05, 4.69) is 20.9 Å². The number of amides is 2. The van der Waals surface area contributed by atoms with Crippen LogP contribution in [0.3, 0.4) is 0 Å². The van der Waals surface area contributed by atoms with E-state index in [4.69, 9.17) is 0 Å². The van der Waals surface area contributed by atoms with Crippen molar-refractivity contribution in [3.05, 3.63) is 109 Å². The van der Waals surface area contributed by atoms with Gasteiger partial charge in [-0.3, -0.25) is 24.6 Å². The van der Waals surface area contributed by atoms with Crippen molar-refractivity contribution in [3.63, 3.8) is 0 Å². The Morgan fingerprint density at radius 3 is 2.44 bits per heavy atom. The molecule has 1 aliphatic heterocycles. The number of amidine groups is 1. The van der Waals surface area contributed by atoms with Crippen LogP contribution in [0.5, 0.6) is 0 Å². The molecule has 9 heteroatoms. The number of rotatable bonds is 4. The maximum absolute atomic E-state index is 13.2. The van der Waals surface area contributed by atoms with E-state index in [0.717, 1.165) is 16.2 Å². The zero-order valence-electron chi connectivity index (χ0n) is 16.3. The lowest BCUT2D eigenvalue weighted by atomic mass is 10.2. The second-order valence-corrected chi connectivity index (χ2v) is 8.57. The largest absolute Gasteiger partial charge is 0.279 e. The summed E-state index contributed by atoms with van der Waals surface area (Å²) in [7, 11) is 0. The first-order chi connectivity index (χ1) is 15.4. The molecule has 0 spiro atoms. The predicted octanol–water partition coefficient (Wildman–Crippen LogP) is 5.67. The van der Waals surface area contributed by atoms with E-state index in [-0.39, 0.29) is 16.8 Å². The lowest BCUT2D eigenvalue weighted by Gasteiger charge is -2.15. The van der Waals surface area contributed by atoms with Gasteiger partial charge in [0.2, 0.25) is 0 Å². The van der Waals surface area contributed by atoms with Crippen LogP contribution in [0.2, 0.25) is 0 Å². The van der Waals surface area contributed by atoms with Gasteiger partial charge in [0.15, 0.2) is 5.17 Å². The fourth-order valence-corrected chi connectivity index (χ4v) is 4.22. The van der Waals surface area contributed by atoms with Crippen molar-refractivity contribution in [3.8, 4) is 0 Å². The van der Waals surface area contributed by atoms with Gasteiger partial charge >= 0.3 is 0 Å². The first-order valence-corrected chi connectivity index (χ1v) is 11.0. The van der Waals surface area contributed by atoms with Gasteiger partial charge in [-0.05, 0) is 59.8 Å². The quantitative estimate of drug-likeness (QED) is 0.257. The third-order valence-electron chi connectivity index (χ3n) is 4.49. The van der Waals surface area contributed by atoms with Crippen LogP contribution in [0.25, 0.3) is 6.08 Å². The van der Waals surface area contributed by atoms with Crippen LogP contribution in [0, 0.1) is 10.1 Å². The molecule has 0 saturated carbocycles. The first-order valence-electron chi connectivity index (χ1n) is 9.34. The summed E-state index contributed by atoms with van der Waals surface area (Å²) in [5.41, 5.74) is 1.38. The Hall–Kier alpha value is -3.56. The molecule has 7 nitrogen and oxygen atoms in total. The van der Waals surface area contributed by atoms with Crippen LogP contribution >= 0.6 is 27.7 Å². The molecule has 3 aromatic carbocycles. The van der Waals surface area contributed by atoms with Crippen LogP contribution in [0.1, 0.15) is 15.9 Å². The summed E-state index contributed by atoms with van der Waals surface area (Å²) in [6, 6.07) is 21.6. The van der Waals surface area contributed by atoms with Crippen LogP contribution in [-0.2, 0) is 4.79 Å². The number of carbonyl (C=O) groups is 2. The third-order valence-corrected chi connectivity index (χ3v) is 5.99. The molecular weight excluding hydrogens is 494 g/mol. The lowest BCUT2D eigenvalue weighted by molar-refractivity contribution is -0.384. The Morgan fingerprint density at radius 1 is 1.03 bits per heavy atom. The maximum Gasteiger partial charge on any atom is 0.279 e. The average molecular weight is 508 g/mol. The number of non-ortho nitro benzene ring substituents is 1. The van der Waals surface area contributed by atoms with Crippen molar-refractivity contribution >= 4 is 62.1 Å². The molecule has 1 heterocycles. The minimum Gasteiger partial charge on any atom is -0.268 e. The minimum absolute atomic E-state index is 0.0762. The molecule has 2 amide bonds. The van der Waals surface area contributed by atoms with E-state index in [1.807, 2.05) is 0 Å². The van der Waals surface area contributed by atoms with Gasteiger partial charge in [0.25, 0.3) is 17.5 Å². The van der Waals surface area contributed by atoms with Gasteiger partial charge in [0.05, 0.1) is 15.5 Å². The van der Waals surface area contributed by atoms with Crippen LogP contribution in [0.4, 0.5) is 11.4 Å². The summed E-state index contributed by atoms with van der Waals surface area (Å²) < 4.78 is 0.840. The summed E-state index contributed by atoms with van der Waals surface area (Å²) >= 11 is 4.41. The third kappa shape index (κ3) is 4.68. The van der Waals surface area contributed by atoms with Crippen molar-refractivity contribution < 1.29 is 14.5 Å². The lowest BCUT2D eigenvalue weighted by Crippen LogP contribution is -2.29. The number of nitro benzene ring substituents is 1. The fourth-order valence-electron chi connectivity index (χ4n) is 2.98. The molecule has 0 bridgehead atoms. The molecule has 0 radical (unpaired) electrons. The number of halogens is 1. The van der Waals surface area contributed by atoms with Crippen molar-refractivity contribution in [2.45, 2.75) is 0 Å². The highest BCUT2D eigenvalue weighted by atomic mass is 79.9. The predicted molar refractivity (Wildman–Crippen MR) is 128 cm³/mol. The molecule has 0 aromatic heterocycles. The highest BCUT2D eigenvalue weighted by molar-refractivity contribution is 9.10. The monoisotopic (exact) mass is 507 g/mol. The molecule has 0 unspecified atom stereocenters. The summed E-state index contributed by atoms with van der Waals surface area (Å²) in [6.07, 6.45) is 1.56. The summed E-state index contributed by atoms with van der Waals surface area (Å²) in [4.78, 5) is 42.4. The highest BCUT2D eigenvalue weighted by Crippen LogP contribution is 2.37. The first kappa shape index (κ1) is 21.7. The molecule has 0 atom stereocenters. The summed E-state index contributed by atoms with van der Waals surface area (Å²) in [6.45, 7) is 0. The molecule has 1 aliphatic rings. The van der Waals surface area contributed by atoms with E-state index < -0.39 is 10.8 Å². The number of nitrogens with zero attached hydrogens (tertiary/aromatic N) is 3. The van der Waals surface area contributed by atoms with Gasteiger partial charge in [-0.2, -0.15) is 4.99 Å². The molecule has 0 N–H and O–H groups in total. The van der Waals surface area contributed by atoms with Gasteiger partial charge < -0.3 is 0 Å². The van der Waals surface area contributed by atoms with E-state index in [9.17, 15) is 19.7 Å². The molecular formula is C23H14BrN3O4S. The number of hydrogen-bond donors (Lipinski definition) is 0. The molecule has 0 aliphatic carbocycles.